The van der Waals surface area contributed by atoms with Gasteiger partial charge in [0, 0.05) is 17.2 Å². The Labute approximate surface area is 170 Å². The molecule has 0 amide bonds. The Bertz CT molecular complexity index is 965. The van der Waals surface area contributed by atoms with E-state index in [-0.39, 0.29) is 10.8 Å². The van der Waals surface area contributed by atoms with E-state index in [0.29, 0.717) is 0 Å². The van der Waals surface area contributed by atoms with Crippen LogP contribution in [0.25, 0.3) is 22.4 Å². The van der Waals surface area contributed by atoms with Crippen molar-refractivity contribution in [3.8, 4) is 22.4 Å². The third-order valence-electron chi connectivity index (χ3n) is 6.28. The first kappa shape index (κ1) is 20.3. The van der Waals surface area contributed by atoms with Gasteiger partial charge in [0.15, 0.2) is 0 Å². The van der Waals surface area contributed by atoms with E-state index in [1.165, 1.54) is 33.4 Å². The Morgan fingerprint density at radius 3 is 2.14 bits per heavy atom. The molecule has 1 aliphatic rings. The van der Waals surface area contributed by atoms with Crippen LogP contribution in [0, 0.1) is 0 Å². The number of hydrogen-bond acceptors (Lipinski definition) is 1. The van der Waals surface area contributed by atoms with Gasteiger partial charge < -0.3 is 0 Å². The molecule has 0 atom stereocenters. The monoisotopic (exact) mass is 371 g/mol. The smallest absolute Gasteiger partial charge is 0.0705 e. The highest BCUT2D eigenvalue weighted by Crippen LogP contribution is 2.51. The molecule has 1 heteroatoms. The van der Waals surface area contributed by atoms with Crippen molar-refractivity contribution < 1.29 is 0 Å². The summed E-state index contributed by atoms with van der Waals surface area (Å²) in [5.41, 5.74) is 9.47. The quantitative estimate of drug-likeness (QED) is 0.458. The van der Waals surface area contributed by atoms with Crippen LogP contribution in [-0.2, 0) is 10.8 Å². The molecule has 1 nitrogen and oxygen atoms in total. The molecular formula is C27H33N. The lowest BCUT2D eigenvalue weighted by atomic mass is 9.75. The minimum atomic E-state index is 0.0182. The summed E-state index contributed by atoms with van der Waals surface area (Å²) < 4.78 is 0. The standard InChI is InChI=1S/C25H27N.C2H6/c1-6-24(2,3)21-15-18-17-11-7-8-12-20(17)25(4,5)22(18)16-19(21)23-13-9-10-14-26-23;1-2/h7-16H,6H2,1-5H3;1-2H3. The summed E-state index contributed by atoms with van der Waals surface area (Å²) in [5.74, 6) is 0. The second-order valence-corrected chi connectivity index (χ2v) is 8.57. The molecule has 1 aliphatic carbocycles. The summed E-state index contributed by atoms with van der Waals surface area (Å²) in [5, 5.41) is 0. The fourth-order valence-electron chi connectivity index (χ4n) is 4.23. The predicted octanol–water partition coefficient (Wildman–Crippen LogP) is 7.77. The van der Waals surface area contributed by atoms with Gasteiger partial charge in [-0.1, -0.05) is 78.8 Å². The average molecular weight is 372 g/mol. The Balaban J connectivity index is 0.00000109. The van der Waals surface area contributed by atoms with Gasteiger partial charge in [0.05, 0.1) is 5.69 Å². The summed E-state index contributed by atoms with van der Waals surface area (Å²) in [4.78, 5) is 4.68. The first-order chi connectivity index (χ1) is 13.4. The summed E-state index contributed by atoms with van der Waals surface area (Å²) in [7, 11) is 0. The molecule has 0 saturated carbocycles. The van der Waals surface area contributed by atoms with Crippen molar-refractivity contribution in [2.24, 2.45) is 0 Å². The lowest BCUT2D eigenvalue weighted by Gasteiger charge is -2.29. The first-order valence-electron chi connectivity index (χ1n) is 10.6. The fourth-order valence-corrected chi connectivity index (χ4v) is 4.23. The molecule has 28 heavy (non-hydrogen) atoms. The van der Waals surface area contributed by atoms with Gasteiger partial charge in [0.25, 0.3) is 0 Å². The normalized spacial score (nSPS) is 14.0. The SMILES string of the molecule is CC.CCC(C)(C)c1cc2c(cc1-c1ccccn1)C(C)(C)c1ccccc1-2. The second kappa shape index (κ2) is 7.54. The highest BCUT2D eigenvalue weighted by molar-refractivity contribution is 5.85. The van der Waals surface area contributed by atoms with Crippen LogP contribution in [0.4, 0.5) is 0 Å². The van der Waals surface area contributed by atoms with E-state index in [1.54, 1.807) is 0 Å². The average Bonchev–Trinajstić information content (AvgIpc) is 2.96. The van der Waals surface area contributed by atoms with Crippen molar-refractivity contribution in [1.82, 2.24) is 4.98 Å². The molecule has 0 bridgehead atoms. The minimum absolute atomic E-state index is 0.0182. The van der Waals surface area contributed by atoms with Crippen molar-refractivity contribution in [1.29, 1.82) is 0 Å². The third kappa shape index (κ3) is 3.17. The lowest BCUT2D eigenvalue weighted by Crippen LogP contribution is -2.19. The first-order valence-corrected chi connectivity index (χ1v) is 10.6. The van der Waals surface area contributed by atoms with Gasteiger partial charge in [-0.05, 0) is 63.9 Å². The van der Waals surface area contributed by atoms with E-state index in [9.17, 15) is 0 Å². The number of rotatable bonds is 3. The van der Waals surface area contributed by atoms with Crippen molar-refractivity contribution in [2.45, 2.75) is 65.7 Å². The molecule has 0 unspecified atom stereocenters. The third-order valence-corrected chi connectivity index (χ3v) is 6.28. The number of hydrogen-bond donors (Lipinski definition) is 0. The lowest BCUT2D eigenvalue weighted by molar-refractivity contribution is 0.507. The molecule has 0 saturated heterocycles. The highest BCUT2D eigenvalue weighted by Gasteiger charge is 2.37. The molecule has 1 heterocycles. The number of pyridine rings is 1. The number of nitrogens with zero attached hydrogens (tertiary/aromatic N) is 1. The maximum Gasteiger partial charge on any atom is 0.0705 e. The van der Waals surface area contributed by atoms with Gasteiger partial charge in [-0.3, -0.25) is 4.98 Å². The molecule has 1 aromatic heterocycles. The summed E-state index contributed by atoms with van der Waals surface area (Å²) in [6.45, 7) is 15.6. The van der Waals surface area contributed by atoms with E-state index in [4.69, 9.17) is 0 Å². The van der Waals surface area contributed by atoms with Crippen molar-refractivity contribution in [2.75, 3.05) is 0 Å². The van der Waals surface area contributed by atoms with Crippen LogP contribution in [-0.4, -0.2) is 4.98 Å². The van der Waals surface area contributed by atoms with Crippen LogP contribution in [0.5, 0.6) is 0 Å². The molecule has 0 spiro atoms. The topological polar surface area (TPSA) is 12.9 Å². The maximum atomic E-state index is 4.68. The molecule has 3 aromatic rings. The van der Waals surface area contributed by atoms with Gasteiger partial charge in [0.1, 0.15) is 0 Å². The highest BCUT2D eigenvalue weighted by atomic mass is 14.7. The maximum absolute atomic E-state index is 4.68. The van der Waals surface area contributed by atoms with Crippen LogP contribution in [0.1, 0.15) is 71.6 Å². The van der Waals surface area contributed by atoms with Crippen molar-refractivity contribution in [3.63, 3.8) is 0 Å². The van der Waals surface area contributed by atoms with Crippen LogP contribution in [0.2, 0.25) is 0 Å². The van der Waals surface area contributed by atoms with Gasteiger partial charge in [0.2, 0.25) is 0 Å². The van der Waals surface area contributed by atoms with E-state index < -0.39 is 0 Å². The number of benzene rings is 2. The summed E-state index contributed by atoms with van der Waals surface area (Å²) in [6.07, 6.45) is 2.99. The molecule has 0 fully saturated rings. The molecule has 2 aromatic carbocycles. The van der Waals surface area contributed by atoms with Crippen LogP contribution in [0.15, 0.2) is 60.8 Å². The van der Waals surface area contributed by atoms with Gasteiger partial charge in [-0.15, -0.1) is 0 Å². The molecule has 146 valence electrons. The molecule has 0 radical (unpaired) electrons. The zero-order valence-electron chi connectivity index (χ0n) is 18.4. The second-order valence-electron chi connectivity index (χ2n) is 8.57. The predicted molar refractivity (Wildman–Crippen MR) is 122 cm³/mol. The van der Waals surface area contributed by atoms with Crippen molar-refractivity contribution >= 4 is 0 Å². The summed E-state index contributed by atoms with van der Waals surface area (Å²) in [6, 6.07) is 19.9. The van der Waals surface area contributed by atoms with E-state index in [0.717, 1.165) is 12.1 Å². The zero-order chi connectivity index (χ0) is 20.5. The molecule has 0 aliphatic heterocycles. The Kier molecular flexibility index (Phi) is 5.48. The Morgan fingerprint density at radius 2 is 1.50 bits per heavy atom. The number of aromatic nitrogens is 1. The summed E-state index contributed by atoms with van der Waals surface area (Å²) >= 11 is 0. The molecular weight excluding hydrogens is 338 g/mol. The molecule has 0 N–H and O–H groups in total. The van der Waals surface area contributed by atoms with Crippen molar-refractivity contribution in [3.05, 3.63) is 77.5 Å². The van der Waals surface area contributed by atoms with Gasteiger partial charge >= 0.3 is 0 Å². The number of fused-ring (bicyclic) bond motifs is 3. The van der Waals surface area contributed by atoms with Crippen LogP contribution in [0.3, 0.4) is 0 Å². The van der Waals surface area contributed by atoms with Crippen LogP contribution >= 0.6 is 0 Å². The molecule has 4 rings (SSSR count). The van der Waals surface area contributed by atoms with Gasteiger partial charge in [-0.25, -0.2) is 0 Å². The van der Waals surface area contributed by atoms with E-state index in [1.807, 2.05) is 26.1 Å². The van der Waals surface area contributed by atoms with Gasteiger partial charge in [-0.2, -0.15) is 0 Å². The van der Waals surface area contributed by atoms with E-state index >= 15 is 0 Å². The Hall–Kier alpha value is -2.41. The zero-order valence-corrected chi connectivity index (χ0v) is 18.4. The van der Waals surface area contributed by atoms with E-state index in [2.05, 4.69) is 88.1 Å². The fraction of sp³-hybridized carbons (Fsp3) is 0.370. The van der Waals surface area contributed by atoms with Crippen LogP contribution < -0.4 is 0 Å². The minimum Gasteiger partial charge on any atom is -0.256 e. The largest absolute Gasteiger partial charge is 0.256 e. The Morgan fingerprint density at radius 1 is 0.821 bits per heavy atom.